The lowest BCUT2D eigenvalue weighted by Crippen LogP contribution is -2.39. The summed E-state index contributed by atoms with van der Waals surface area (Å²) in [6.45, 7) is 7.93. The van der Waals surface area contributed by atoms with E-state index in [1.165, 1.54) is 0 Å². The SMILES string of the molecule is CN(C)C(=O)CN1CCCN(CCC2COCCO2)CC1. The molecule has 2 rings (SSSR count). The third-order valence-electron chi connectivity index (χ3n) is 4.19. The Kier molecular flexibility index (Phi) is 6.89. The lowest BCUT2D eigenvalue weighted by Gasteiger charge is -2.26. The van der Waals surface area contributed by atoms with Crippen LogP contribution in [0.2, 0.25) is 0 Å². The van der Waals surface area contributed by atoms with Crippen molar-refractivity contribution in [3.8, 4) is 0 Å². The molecule has 1 unspecified atom stereocenters. The molecule has 1 amide bonds. The highest BCUT2D eigenvalue weighted by Gasteiger charge is 2.20. The Bertz CT molecular complexity index is 319. The van der Waals surface area contributed by atoms with Gasteiger partial charge >= 0.3 is 0 Å². The van der Waals surface area contributed by atoms with Gasteiger partial charge in [-0.3, -0.25) is 9.69 Å². The topological polar surface area (TPSA) is 45.3 Å². The number of rotatable bonds is 5. The first-order valence-electron chi connectivity index (χ1n) is 7.99. The first kappa shape index (κ1) is 16.7. The molecule has 1 atom stereocenters. The van der Waals surface area contributed by atoms with Gasteiger partial charge in [-0.15, -0.1) is 0 Å². The average Bonchev–Trinajstić information content (AvgIpc) is 2.71. The van der Waals surface area contributed by atoms with E-state index in [1.54, 1.807) is 4.90 Å². The van der Waals surface area contributed by atoms with E-state index in [1.807, 2.05) is 14.1 Å². The lowest BCUT2D eigenvalue weighted by molar-refractivity contribution is -0.129. The number of hydrogen-bond acceptors (Lipinski definition) is 5. The van der Waals surface area contributed by atoms with Crippen molar-refractivity contribution in [1.82, 2.24) is 14.7 Å². The van der Waals surface area contributed by atoms with Crippen LogP contribution in [0, 0.1) is 0 Å². The monoisotopic (exact) mass is 299 g/mol. The summed E-state index contributed by atoms with van der Waals surface area (Å²) in [5.41, 5.74) is 0. The normalized spacial score (nSPS) is 25.5. The molecule has 2 heterocycles. The molecule has 0 saturated carbocycles. The van der Waals surface area contributed by atoms with Gasteiger partial charge in [-0.05, 0) is 25.9 Å². The molecular formula is C15H29N3O3. The Morgan fingerprint density at radius 3 is 2.62 bits per heavy atom. The Morgan fingerprint density at radius 1 is 1.14 bits per heavy atom. The first-order chi connectivity index (χ1) is 10.1. The minimum Gasteiger partial charge on any atom is -0.376 e. The molecule has 2 fully saturated rings. The van der Waals surface area contributed by atoms with Crippen LogP contribution in [0.15, 0.2) is 0 Å². The minimum absolute atomic E-state index is 0.191. The van der Waals surface area contributed by atoms with E-state index >= 15 is 0 Å². The number of nitrogens with zero attached hydrogens (tertiary/aromatic N) is 3. The molecule has 0 spiro atoms. The molecule has 0 aliphatic carbocycles. The van der Waals surface area contributed by atoms with Crippen molar-refractivity contribution in [2.24, 2.45) is 0 Å². The van der Waals surface area contributed by atoms with Gasteiger partial charge in [0.2, 0.25) is 5.91 Å². The van der Waals surface area contributed by atoms with Crippen LogP contribution < -0.4 is 0 Å². The first-order valence-corrected chi connectivity index (χ1v) is 7.99. The van der Waals surface area contributed by atoms with Crippen LogP contribution in [0.1, 0.15) is 12.8 Å². The number of likely N-dealkylation sites (N-methyl/N-ethyl adjacent to an activating group) is 1. The van der Waals surface area contributed by atoms with Gasteiger partial charge in [0.15, 0.2) is 0 Å². The smallest absolute Gasteiger partial charge is 0.236 e. The molecule has 0 radical (unpaired) electrons. The molecule has 21 heavy (non-hydrogen) atoms. The van der Waals surface area contributed by atoms with Gasteiger partial charge < -0.3 is 19.3 Å². The predicted octanol–water partition coefficient (Wildman–Crippen LogP) is -0.112. The van der Waals surface area contributed by atoms with E-state index in [9.17, 15) is 4.79 Å². The van der Waals surface area contributed by atoms with Crippen LogP contribution >= 0.6 is 0 Å². The summed E-state index contributed by atoms with van der Waals surface area (Å²) in [6.07, 6.45) is 2.42. The van der Waals surface area contributed by atoms with Crippen molar-refractivity contribution >= 4 is 5.91 Å². The molecule has 122 valence electrons. The summed E-state index contributed by atoms with van der Waals surface area (Å²) in [7, 11) is 3.64. The molecule has 2 saturated heterocycles. The average molecular weight is 299 g/mol. The zero-order valence-electron chi connectivity index (χ0n) is 13.4. The van der Waals surface area contributed by atoms with Crippen LogP contribution in [0.25, 0.3) is 0 Å². The molecule has 0 aromatic carbocycles. The van der Waals surface area contributed by atoms with Crippen LogP contribution in [0.4, 0.5) is 0 Å². The third kappa shape index (κ3) is 5.90. The largest absolute Gasteiger partial charge is 0.376 e. The predicted molar refractivity (Wildman–Crippen MR) is 81.4 cm³/mol. The van der Waals surface area contributed by atoms with Gasteiger partial charge in [0.25, 0.3) is 0 Å². The van der Waals surface area contributed by atoms with Crippen molar-refractivity contribution < 1.29 is 14.3 Å². The van der Waals surface area contributed by atoms with E-state index in [2.05, 4.69) is 9.80 Å². The summed E-state index contributed by atoms with van der Waals surface area (Å²) >= 11 is 0. The highest BCUT2D eigenvalue weighted by atomic mass is 16.6. The van der Waals surface area contributed by atoms with Crippen LogP contribution in [0.3, 0.4) is 0 Å². The molecule has 0 aromatic rings. The second kappa shape index (κ2) is 8.68. The Labute approximate surface area is 128 Å². The second-order valence-electron chi connectivity index (χ2n) is 6.12. The summed E-state index contributed by atoms with van der Waals surface area (Å²) in [5, 5.41) is 0. The highest BCUT2D eigenvalue weighted by molar-refractivity contribution is 5.77. The second-order valence-corrected chi connectivity index (χ2v) is 6.12. The maximum atomic E-state index is 11.8. The Morgan fingerprint density at radius 2 is 1.90 bits per heavy atom. The summed E-state index contributed by atoms with van der Waals surface area (Å²) < 4.78 is 11.1. The minimum atomic E-state index is 0.191. The van der Waals surface area contributed by atoms with Gasteiger partial charge in [-0.25, -0.2) is 0 Å². The van der Waals surface area contributed by atoms with Crippen molar-refractivity contribution in [1.29, 1.82) is 0 Å². The summed E-state index contributed by atoms with van der Waals surface area (Å²) in [6, 6.07) is 0. The quantitative estimate of drug-likeness (QED) is 0.709. The van der Waals surface area contributed by atoms with E-state index < -0.39 is 0 Å². The van der Waals surface area contributed by atoms with Crippen molar-refractivity contribution in [3.05, 3.63) is 0 Å². The lowest BCUT2D eigenvalue weighted by atomic mass is 10.2. The number of carbonyl (C=O) groups is 1. The van der Waals surface area contributed by atoms with Crippen LogP contribution in [-0.4, -0.2) is 99.9 Å². The van der Waals surface area contributed by atoms with Crippen molar-refractivity contribution in [2.45, 2.75) is 18.9 Å². The summed E-state index contributed by atoms with van der Waals surface area (Å²) in [5.74, 6) is 0.191. The Balaban J connectivity index is 1.66. The molecule has 2 aliphatic rings. The van der Waals surface area contributed by atoms with Gasteiger partial charge in [-0.2, -0.15) is 0 Å². The maximum Gasteiger partial charge on any atom is 0.236 e. The third-order valence-corrected chi connectivity index (χ3v) is 4.19. The fourth-order valence-electron chi connectivity index (χ4n) is 2.77. The fraction of sp³-hybridized carbons (Fsp3) is 0.933. The molecular weight excluding hydrogens is 270 g/mol. The molecule has 0 bridgehead atoms. The van der Waals surface area contributed by atoms with E-state index in [0.29, 0.717) is 6.54 Å². The standard InChI is InChI=1S/C15H29N3O3/c1-16(2)15(19)12-18-6-3-5-17(8-9-18)7-4-14-13-20-10-11-21-14/h14H,3-13H2,1-2H3. The van der Waals surface area contributed by atoms with Gasteiger partial charge in [-0.1, -0.05) is 0 Å². The van der Waals surface area contributed by atoms with Crippen molar-refractivity contribution in [3.63, 3.8) is 0 Å². The van der Waals surface area contributed by atoms with E-state index in [4.69, 9.17) is 9.47 Å². The zero-order valence-corrected chi connectivity index (χ0v) is 13.4. The van der Waals surface area contributed by atoms with Gasteiger partial charge in [0.05, 0.1) is 32.5 Å². The molecule has 0 N–H and O–H groups in total. The van der Waals surface area contributed by atoms with Crippen LogP contribution in [0.5, 0.6) is 0 Å². The molecule has 6 heteroatoms. The van der Waals surface area contributed by atoms with E-state index in [-0.39, 0.29) is 12.0 Å². The molecule has 6 nitrogen and oxygen atoms in total. The maximum absolute atomic E-state index is 11.8. The van der Waals surface area contributed by atoms with Gasteiger partial charge in [0, 0.05) is 33.7 Å². The van der Waals surface area contributed by atoms with Crippen LogP contribution in [-0.2, 0) is 14.3 Å². The molecule has 0 aromatic heterocycles. The highest BCUT2D eigenvalue weighted by Crippen LogP contribution is 2.09. The fourth-order valence-corrected chi connectivity index (χ4v) is 2.77. The number of hydrogen-bond donors (Lipinski definition) is 0. The zero-order chi connectivity index (χ0) is 15.1. The number of amides is 1. The number of carbonyl (C=O) groups excluding carboxylic acids is 1. The summed E-state index contributed by atoms with van der Waals surface area (Å²) in [4.78, 5) is 18.2. The Hall–Kier alpha value is -0.690. The molecule has 2 aliphatic heterocycles. The van der Waals surface area contributed by atoms with Crippen molar-refractivity contribution in [2.75, 3.05) is 73.2 Å². The van der Waals surface area contributed by atoms with Gasteiger partial charge in [0.1, 0.15) is 0 Å². The van der Waals surface area contributed by atoms with E-state index in [0.717, 1.165) is 65.4 Å². The number of ether oxygens (including phenoxy) is 2.